The summed E-state index contributed by atoms with van der Waals surface area (Å²) in [7, 11) is 1.40. The van der Waals surface area contributed by atoms with E-state index in [1.165, 1.54) is 7.11 Å². The van der Waals surface area contributed by atoms with Crippen LogP contribution in [0.5, 0.6) is 11.5 Å². The Kier molecular flexibility index (Phi) is 4.28. The Bertz CT molecular complexity index is 419. The number of nitrogens with one attached hydrogen (secondary N) is 1. The summed E-state index contributed by atoms with van der Waals surface area (Å²) in [6, 6.07) is 5.73. The summed E-state index contributed by atoms with van der Waals surface area (Å²) >= 11 is 0. The fourth-order valence-electron chi connectivity index (χ4n) is 1.72. The third-order valence-corrected chi connectivity index (χ3v) is 2.66. The maximum atomic E-state index is 10.9. The molecule has 1 aliphatic heterocycles. The molecule has 1 aliphatic rings. The molecular weight excluding hydrogens is 234 g/mol. The maximum absolute atomic E-state index is 10.9. The van der Waals surface area contributed by atoms with Crippen molar-refractivity contribution in [2.45, 2.75) is 12.8 Å². The molecule has 0 radical (unpaired) electrons. The van der Waals surface area contributed by atoms with E-state index in [0.29, 0.717) is 19.6 Å². The van der Waals surface area contributed by atoms with Crippen molar-refractivity contribution in [2.75, 3.05) is 32.2 Å². The molecule has 0 saturated carbocycles. The third kappa shape index (κ3) is 3.29. The molecule has 2 rings (SSSR count). The number of benzene rings is 1. The quantitative estimate of drug-likeness (QED) is 0.639. The fraction of sp³-hybridized carbons (Fsp3) is 0.462. The molecule has 1 aromatic carbocycles. The Balaban J connectivity index is 1.81. The Morgan fingerprint density at radius 3 is 2.89 bits per heavy atom. The lowest BCUT2D eigenvalue weighted by molar-refractivity contribution is -0.140. The maximum Gasteiger partial charge on any atom is 0.305 e. The van der Waals surface area contributed by atoms with Crippen LogP contribution in [-0.2, 0) is 9.53 Å². The number of hydrogen-bond donors (Lipinski definition) is 1. The van der Waals surface area contributed by atoms with Gasteiger partial charge in [0.15, 0.2) is 11.5 Å². The van der Waals surface area contributed by atoms with Crippen LogP contribution < -0.4 is 14.8 Å². The molecule has 0 unspecified atom stereocenters. The summed E-state index contributed by atoms with van der Waals surface area (Å²) in [5, 5.41) is 3.23. The summed E-state index contributed by atoms with van der Waals surface area (Å²) in [4.78, 5) is 10.9. The number of rotatable bonds is 5. The lowest BCUT2D eigenvalue weighted by atomic mass is 10.2. The van der Waals surface area contributed by atoms with E-state index in [4.69, 9.17) is 9.47 Å². The molecule has 18 heavy (non-hydrogen) atoms. The van der Waals surface area contributed by atoms with Gasteiger partial charge in [-0.1, -0.05) is 0 Å². The SMILES string of the molecule is COC(=O)CCCNc1ccc2c(c1)OCCO2. The van der Waals surface area contributed by atoms with Crippen molar-refractivity contribution in [2.24, 2.45) is 0 Å². The van der Waals surface area contributed by atoms with Gasteiger partial charge in [-0.15, -0.1) is 0 Å². The van der Waals surface area contributed by atoms with E-state index in [2.05, 4.69) is 10.1 Å². The molecule has 98 valence electrons. The first kappa shape index (κ1) is 12.5. The molecule has 0 atom stereocenters. The van der Waals surface area contributed by atoms with Crippen molar-refractivity contribution < 1.29 is 19.0 Å². The Morgan fingerprint density at radius 2 is 2.11 bits per heavy atom. The van der Waals surface area contributed by atoms with Gasteiger partial charge in [-0.25, -0.2) is 0 Å². The molecule has 0 fully saturated rings. The lowest BCUT2D eigenvalue weighted by Gasteiger charge is -2.19. The van der Waals surface area contributed by atoms with E-state index in [0.717, 1.165) is 30.2 Å². The Hall–Kier alpha value is -1.91. The number of carbonyl (C=O) groups excluding carboxylic acids is 1. The minimum atomic E-state index is -0.182. The van der Waals surface area contributed by atoms with Gasteiger partial charge in [0, 0.05) is 24.7 Å². The zero-order chi connectivity index (χ0) is 12.8. The van der Waals surface area contributed by atoms with Gasteiger partial charge in [-0.3, -0.25) is 4.79 Å². The smallest absolute Gasteiger partial charge is 0.305 e. The second kappa shape index (κ2) is 6.14. The van der Waals surface area contributed by atoms with E-state index in [-0.39, 0.29) is 5.97 Å². The Morgan fingerprint density at radius 1 is 1.33 bits per heavy atom. The van der Waals surface area contributed by atoms with Gasteiger partial charge in [-0.2, -0.15) is 0 Å². The second-order valence-corrected chi connectivity index (χ2v) is 3.96. The summed E-state index contributed by atoms with van der Waals surface area (Å²) < 4.78 is 15.5. The number of methoxy groups -OCH3 is 1. The van der Waals surface area contributed by atoms with Crippen molar-refractivity contribution >= 4 is 11.7 Å². The first-order chi connectivity index (χ1) is 8.79. The van der Waals surface area contributed by atoms with Gasteiger partial charge >= 0.3 is 5.97 Å². The van der Waals surface area contributed by atoms with Gasteiger partial charge in [0.2, 0.25) is 0 Å². The van der Waals surface area contributed by atoms with Crippen LogP contribution in [-0.4, -0.2) is 32.8 Å². The van der Waals surface area contributed by atoms with E-state index < -0.39 is 0 Å². The molecule has 5 heteroatoms. The summed E-state index contributed by atoms with van der Waals surface area (Å²) in [5.41, 5.74) is 0.962. The van der Waals surface area contributed by atoms with Gasteiger partial charge in [0.05, 0.1) is 7.11 Å². The standard InChI is InChI=1S/C13H17NO4/c1-16-13(15)3-2-6-14-10-4-5-11-12(9-10)18-8-7-17-11/h4-5,9,14H,2-3,6-8H2,1H3. The number of ether oxygens (including phenoxy) is 3. The topological polar surface area (TPSA) is 56.8 Å². The molecule has 0 saturated heterocycles. The zero-order valence-electron chi connectivity index (χ0n) is 10.4. The van der Waals surface area contributed by atoms with Gasteiger partial charge in [-0.05, 0) is 18.6 Å². The highest BCUT2D eigenvalue weighted by Gasteiger charge is 2.11. The van der Waals surface area contributed by atoms with Crippen LogP contribution in [0.1, 0.15) is 12.8 Å². The monoisotopic (exact) mass is 251 g/mol. The van der Waals surface area contributed by atoms with Crippen LogP contribution in [0.25, 0.3) is 0 Å². The summed E-state index contributed by atoms with van der Waals surface area (Å²) in [6.07, 6.45) is 1.16. The minimum Gasteiger partial charge on any atom is -0.486 e. The number of fused-ring (bicyclic) bond motifs is 1. The van der Waals surface area contributed by atoms with Gasteiger partial charge < -0.3 is 19.5 Å². The van der Waals surface area contributed by atoms with Crippen LogP contribution >= 0.6 is 0 Å². The number of anilines is 1. The highest BCUT2D eigenvalue weighted by molar-refractivity contribution is 5.69. The molecule has 0 aromatic heterocycles. The number of carbonyl (C=O) groups is 1. The molecule has 0 spiro atoms. The highest BCUT2D eigenvalue weighted by atomic mass is 16.6. The van der Waals surface area contributed by atoms with E-state index in [1.807, 2.05) is 18.2 Å². The van der Waals surface area contributed by atoms with Crippen LogP contribution in [0.2, 0.25) is 0 Å². The van der Waals surface area contributed by atoms with Crippen molar-refractivity contribution in [3.63, 3.8) is 0 Å². The van der Waals surface area contributed by atoms with Crippen molar-refractivity contribution in [3.05, 3.63) is 18.2 Å². The molecular formula is C13H17NO4. The highest BCUT2D eigenvalue weighted by Crippen LogP contribution is 2.32. The predicted octanol–water partition coefficient (Wildman–Crippen LogP) is 1.82. The average Bonchev–Trinajstić information content (AvgIpc) is 2.43. The first-order valence-electron chi connectivity index (χ1n) is 6.00. The van der Waals surface area contributed by atoms with Crippen LogP contribution in [0.15, 0.2) is 18.2 Å². The average molecular weight is 251 g/mol. The fourth-order valence-corrected chi connectivity index (χ4v) is 1.72. The molecule has 5 nitrogen and oxygen atoms in total. The van der Waals surface area contributed by atoms with Crippen LogP contribution in [0.4, 0.5) is 5.69 Å². The Labute approximate surface area is 106 Å². The normalized spacial score (nSPS) is 12.9. The summed E-state index contributed by atoms with van der Waals surface area (Å²) in [5.74, 6) is 1.36. The third-order valence-electron chi connectivity index (χ3n) is 2.66. The van der Waals surface area contributed by atoms with E-state index >= 15 is 0 Å². The minimum absolute atomic E-state index is 0.182. The molecule has 1 N–H and O–H groups in total. The van der Waals surface area contributed by atoms with E-state index in [1.54, 1.807) is 0 Å². The number of hydrogen-bond acceptors (Lipinski definition) is 5. The zero-order valence-corrected chi connectivity index (χ0v) is 10.4. The lowest BCUT2D eigenvalue weighted by Crippen LogP contribution is -2.15. The molecule has 1 aromatic rings. The predicted molar refractivity (Wildman–Crippen MR) is 67.2 cm³/mol. The molecule has 1 heterocycles. The molecule has 0 aliphatic carbocycles. The van der Waals surface area contributed by atoms with E-state index in [9.17, 15) is 4.79 Å². The number of esters is 1. The molecule has 0 amide bonds. The first-order valence-corrected chi connectivity index (χ1v) is 6.00. The second-order valence-electron chi connectivity index (χ2n) is 3.96. The van der Waals surface area contributed by atoms with Crippen LogP contribution in [0.3, 0.4) is 0 Å². The summed E-state index contributed by atoms with van der Waals surface area (Å²) in [6.45, 7) is 1.90. The molecule has 0 bridgehead atoms. The van der Waals surface area contributed by atoms with Gasteiger partial charge in [0.1, 0.15) is 13.2 Å². The van der Waals surface area contributed by atoms with Crippen molar-refractivity contribution in [1.82, 2.24) is 0 Å². The van der Waals surface area contributed by atoms with Crippen molar-refractivity contribution in [1.29, 1.82) is 0 Å². The van der Waals surface area contributed by atoms with Crippen molar-refractivity contribution in [3.8, 4) is 11.5 Å². The largest absolute Gasteiger partial charge is 0.486 e. The van der Waals surface area contributed by atoms with Gasteiger partial charge in [0.25, 0.3) is 0 Å². The van der Waals surface area contributed by atoms with Crippen LogP contribution in [0, 0.1) is 0 Å².